The molecule has 0 spiro atoms. The summed E-state index contributed by atoms with van der Waals surface area (Å²) in [5.74, 6) is 1.59. The average Bonchev–Trinajstić information content (AvgIpc) is 3.03. The van der Waals surface area contributed by atoms with Crippen LogP contribution in [-0.2, 0) is 4.74 Å². The third-order valence-electron chi connectivity index (χ3n) is 4.54. The number of thiophene rings is 1. The summed E-state index contributed by atoms with van der Waals surface area (Å²) >= 11 is 1.67. The minimum Gasteiger partial charge on any atom is -0.382 e. The number of ether oxygens (including phenoxy) is 1. The van der Waals surface area contributed by atoms with Gasteiger partial charge < -0.3 is 15.0 Å². The van der Waals surface area contributed by atoms with Gasteiger partial charge >= 0.3 is 0 Å². The second-order valence-corrected chi connectivity index (χ2v) is 7.12. The molecule has 1 aliphatic rings. The molecule has 1 aliphatic heterocycles. The van der Waals surface area contributed by atoms with Crippen LogP contribution in [-0.4, -0.2) is 53.8 Å². The minimum atomic E-state index is 0.483. The van der Waals surface area contributed by atoms with E-state index in [0.717, 1.165) is 61.7 Å². The van der Waals surface area contributed by atoms with Crippen molar-refractivity contribution in [3.8, 4) is 0 Å². The van der Waals surface area contributed by atoms with Gasteiger partial charge in [0.2, 0.25) is 0 Å². The van der Waals surface area contributed by atoms with Gasteiger partial charge in [0, 0.05) is 38.9 Å². The number of piperidine rings is 1. The molecule has 2 atom stereocenters. The summed E-state index contributed by atoms with van der Waals surface area (Å²) in [4.78, 5) is 12.4. The first-order valence-corrected chi connectivity index (χ1v) is 9.40. The molecule has 3 heterocycles. The fourth-order valence-electron chi connectivity index (χ4n) is 3.26. The number of rotatable bonds is 7. The number of hydrogen-bond donors (Lipinski definition) is 1. The van der Waals surface area contributed by atoms with Crippen LogP contribution in [0.1, 0.15) is 26.7 Å². The van der Waals surface area contributed by atoms with E-state index in [1.165, 1.54) is 0 Å². The Hall–Kier alpha value is -1.24. The number of nitrogens with zero attached hydrogens (tertiary/aromatic N) is 3. The fourth-order valence-corrected chi connectivity index (χ4v) is 4.00. The molecule has 0 bridgehead atoms. The Bertz CT molecular complexity index is 617. The number of aromatic nitrogens is 2. The summed E-state index contributed by atoms with van der Waals surface area (Å²) in [7, 11) is 0. The Morgan fingerprint density at radius 2 is 2.35 bits per heavy atom. The zero-order valence-corrected chi connectivity index (χ0v) is 14.8. The number of nitrogens with one attached hydrogen (secondary N) is 1. The van der Waals surface area contributed by atoms with Crippen LogP contribution in [0.4, 0.5) is 5.82 Å². The van der Waals surface area contributed by atoms with Gasteiger partial charge in [-0.25, -0.2) is 9.97 Å². The molecule has 126 valence electrons. The molecule has 5 nitrogen and oxygen atoms in total. The first kappa shape index (κ1) is 16.6. The lowest BCUT2D eigenvalue weighted by atomic mass is 9.93. The second-order valence-electron chi connectivity index (χ2n) is 6.23. The second kappa shape index (κ2) is 8.04. The Labute approximate surface area is 142 Å². The normalized spacial score (nSPS) is 22.5. The number of anilines is 1. The van der Waals surface area contributed by atoms with Crippen LogP contribution >= 0.6 is 11.3 Å². The Morgan fingerprint density at radius 1 is 1.43 bits per heavy atom. The molecule has 1 fully saturated rings. The molecule has 2 aromatic rings. The van der Waals surface area contributed by atoms with Gasteiger partial charge in [-0.15, -0.1) is 11.3 Å². The third-order valence-corrected chi connectivity index (χ3v) is 5.36. The summed E-state index contributed by atoms with van der Waals surface area (Å²) in [5, 5.41) is 6.88. The van der Waals surface area contributed by atoms with Crippen molar-refractivity contribution in [2.45, 2.75) is 32.7 Å². The van der Waals surface area contributed by atoms with E-state index in [9.17, 15) is 0 Å². The van der Waals surface area contributed by atoms with Gasteiger partial charge in [-0.2, -0.15) is 0 Å². The lowest BCUT2D eigenvalue weighted by Crippen LogP contribution is -2.45. The van der Waals surface area contributed by atoms with Crippen molar-refractivity contribution in [2.75, 3.05) is 38.2 Å². The molecule has 1 N–H and O–H groups in total. The van der Waals surface area contributed by atoms with Crippen molar-refractivity contribution < 1.29 is 4.74 Å². The lowest BCUT2D eigenvalue weighted by Gasteiger charge is -2.37. The SMILES string of the molecule is CCOCCCN1CCC(Nc2ncnc3sccc23)C(C)C1. The van der Waals surface area contributed by atoms with Gasteiger partial charge in [0.25, 0.3) is 0 Å². The zero-order valence-electron chi connectivity index (χ0n) is 14.0. The molecule has 6 heteroatoms. The van der Waals surface area contributed by atoms with Crippen LogP contribution < -0.4 is 5.32 Å². The predicted octanol–water partition coefficient (Wildman–Crippen LogP) is 3.24. The van der Waals surface area contributed by atoms with Crippen LogP contribution in [0.15, 0.2) is 17.8 Å². The summed E-state index contributed by atoms with van der Waals surface area (Å²) in [5.41, 5.74) is 0. The molecular weight excluding hydrogens is 308 g/mol. The molecule has 0 radical (unpaired) electrons. The monoisotopic (exact) mass is 334 g/mol. The van der Waals surface area contributed by atoms with E-state index in [1.54, 1.807) is 17.7 Å². The van der Waals surface area contributed by atoms with Crippen molar-refractivity contribution in [1.82, 2.24) is 14.9 Å². The van der Waals surface area contributed by atoms with E-state index in [0.29, 0.717) is 12.0 Å². The molecule has 23 heavy (non-hydrogen) atoms. The van der Waals surface area contributed by atoms with E-state index in [-0.39, 0.29) is 0 Å². The Morgan fingerprint density at radius 3 is 3.17 bits per heavy atom. The molecular formula is C17H26N4OS. The van der Waals surface area contributed by atoms with Crippen LogP contribution in [0.3, 0.4) is 0 Å². The largest absolute Gasteiger partial charge is 0.382 e. The van der Waals surface area contributed by atoms with Crippen LogP contribution in [0.25, 0.3) is 10.2 Å². The predicted molar refractivity (Wildman–Crippen MR) is 96.2 cm³/mol. The molecule has 0 aliphatic carbocycles. The summed E-state index contributed by atoms with van der Waals surface area (Å²) in [6.45, 7) is 9.50. The van der Waals surface area contributed by atoms with Crippen molar-refractivity contribution in [2.24, 2.45) is 5.92 Å². The van der Waals surface area contributed by atoms with Crippen LogP contribution in [0.2, 0.25) is 0 Å². The van der Waals surface area contributed by atoms with E-state index < -0.39 is 0 Å². The van der Waals surface area contributed by atoms with Gasteiger partial charge in [0.05, 0.1) is 5.39 Å². The molecule has 1 saturated heterocycles. The molecule has 0 saturated carbocycles. The molecule has 2 unspecified atom stereocenters. The first-order valence-electron chi connectivity index (χ1n) is 8.52. The average molecular weight is 334 g/mol. The fraction of sp³-hybridized carbons (Fsp3) is 0.647. The van der Waals surface area contributed by atoms with E-state index in [2.05, 4.69) is 45.5 Å². The van der Waals surface area contributed by atoms with E-state index in [1.807, 2.05) is 0 Å². The third kappa shape index (κ3) is 4.19. The van der Waals surface area contributed by atoms with Crippen molar-refractivity contribution in [3.05, 3.63) is 17.8 Å². The van der Waals surface area contributed by atoms with E-state index >= 15 is 0 Å². The van der Waals surface area contributed by atoms with Crippen molar-refractivity contribution in [1.29, 1.82) is 0 Å². The molecule has 2 aromatic heterocycles. The van der Waals surface area contributed by atoms with Gasteiger partial charge in [-0.05, 0) is 37.1 Å². The number of hydrogen-bond acceptors (Lipinski definition) is 6. The first-order chi connectivity index (χ1) is 11.3. The molecule has 3 rings (SSSR count). The standard InChI is InChI=1S/C17H26N4OS/c1-3-22-9-4-7-21-8-5-15(13(2)11-21)20-16-14-6-10-23-17(14)19-12-18-16/h6,10,12-13,15H,3-5,7-9,11H2,1-2H3,(H,18,19,20). The maximum absolute atomic E-state index is 5.43. The van der Waals surface area contributed by atoms with Gasteiger partial charge in [0.1, 0.15) is 17.0 Å². The number of likely N-dealkylation sites (tertiary alicyclic amines) is 1. The van der Waals surface area contributed by atoms with Crippen LogP contribution in [0.5, 0.6) is 0 Å². The number of fused-ring (bicyclic) bond motifs is 1. The van der Waals surface area contributed by atoms with Crippen molar-refractivity contribution >= 4 is 27.4 Å². The minimum absolute atomic E-state index is 0.483. The highest BCUT2D eigenvalue weighted by molar-refractivity contribution is 7.16. The van der Waals surface area contributed by atoms with Crippen LogP contribution in [0, 0.1) is 5.92 Å². The van der Waals surface area contributed by atoms with Gasteiger partial charge in [-0.1, -0.05) is 6.92 Å². The summed E-state index contributed by atoms with van der Waals surface area (Å²) in [6.07, 6.45) is 3.94. The van der Waals surface area contributed by atoms with Gasteiger partial charge in [-0.3, -0.25) is 0 Å². The highest BCUT2D eigenvalue weighted by atomic mass is 32.1. The Balaban J connectivity index is 1.53. The highest BCUT2D eigenvalue weighted by Crippen LogP contribution is 2.27. The summed E-state index contributed by atoms with van der Waals surface area (Å²) in [6, 6.07) is 2.59. The quantitative estimate of drug-likeness (QED) is 0.788. The maximum atomic E-state index is 5.43. The van der Waals surface area contributed by atoms with E-state index in [4.69, 9.17) is 4.74 Å². The zero-order chi connectivity index (χ0) is 16.1. The molecule has 0 aromatic carbocycles. The van der Waals surface area contributed by atoms with Crippen molar-refractivity contribution in [3.63, 3.8) is 0 Å². The molecule has 0 amide bonds. The topological polar surface area (TPSA) is 50.3 Å². The highest BCUT2D eigenvalue weighted by Gasteiger charge is 2.26. The Kier molecular flexibility index (Phi) is 5.80. The maximum Gasteiger partial charge on any atom is 0.138 e. The van der Waals surface area contributed by atoms with Gasteiger partial charge in [0.15, 0.2) is 0 Å². The smallest absolute Gasteiger partial charge is 0.138 e. The lowest BCUT2D eigenvalue weighted by molar-refractivity contribution is 0.117. The summed E-state index contributed by atoms with van der Waals surface area (Å²) < 4.78 is 5.43.